The predicted molar refractivity (Wildman–Crippen MR) is 124 cm³/mol. The topological polar surface area (TPSA) is 125 Å². The second-order valence-corrected chi connectivity index (χ2v) is 9.81. The van der Waals surface area contributed by atoms with Crippen LogP contribution in [0.4, 0.5) is 37.8 Å². The summed E-state index contributed by atoms with van der Waals surface area (Å²) in [7, 11) is 1.37. The van der Waals surface area contributed by atoms with E-state index in [4.69, 9.17) is 9.90 Å². The van der Waals surface area contributed by atoms with Crippen molar-refractivity contribution in [3.05, 3.63) is 29.0 Å². The van der Waals surface area contributed by atoms with Crippen LogP contribution in [-0.4, -0.2) is 69.1 Å². The molecule has 4 heterocycles. The lowest BCUT2D eigenvalue weighted by atomic mass is 10.1. The van der Waals surface area contributed by atoms with Crippen LogP contribution < -0.4 is 15.5 Å². The number of aliphatic carboxylic acids is 1. The maximum atomic E-state index is 13.2. The van der Waals surface area contributed by atoms with Gasteiger partial charge in [-0.2, -0.15) is 31.4 Å². The van der Waals surface area contributed by atoms with Gasteiger partial charge in [0.2, 0.25) is 0 Å². The number of rotatable bonds is 3. The van der Waals surface area contributed by atoms with E-state index in [2.05, 4.69) is 30.6 Å². The van der Waals surface area contributed by atoms with Crippen LogP contribution in [0, 0.1) is 5.41 Å². The second-order valence-electron chi connectivity index (χ2n) is 8.95. The molecular weight excluding hydrogens is 544 g/mol. The Morgan fingerprint density at radius 3 is 2.50 bits per heavy atom. The molecule has 17 heteroatoms. The van der Waals surface area contributed by atoms with E-state index in [1.54, 1.807) is 11.6 Å². The van der Waals surface area contributed by atoms with Crippen LogP contribution in [0.5, 0.6) is 0 Å². The van der Waals surface area contributed by atoms with Crippen molar-refractivity contribution in [1.29, 1.82) is 0 Å². The van der Waals surface area contributed by atoms with E-state index in [1.807, 2.05) is 0 Å². The van der Waals surface area contributed by atoms with Crippen molar-refractivity contribution in [2.24, 2.45) is 12.5 Å². The lowest BCUT2D eigenvalue weighted by Gasteiger charge is -2.24. The third-order valence-electron chi connectivity index (χ3n) is 5.97. The number of fused-ring (bicyclic) bond motifs is 1. The van der Waals surface area contributed by atoms with Crippen molar-refractivity contribution in [2.75, 3.05) is 36.4 Å². The van der Waals surface area contributed by atoms with E-state index < -0.39 is 35.6 Å². The number of alkyl halides is 6. The van der Waals surface area contributed by atoms with E-state index in [9.17, 15) is 31.1 Å². The highest BCUT2D eigenvalue weighted by atomic mass is 32.1. The van der Waals surface area contributed by atoms with Crippen LogP contribution >= 0.6 is 11.3 Å². The number of hydrogen-bond acceptors (Lipinski definition) is 8. The maximum Gasteiger partial charge on any atom is 0.490 e. The van der Waals surface area contributed by atoms with Gasteiger partial charge in [-0.3, -0.25) is 9.48 Å². The summed E-state index contributed by atoms with van der Waals surface area (Å²) in [4.78, 5) is 33.6. The van der Waals surface area contributed by atoms with E-state index in [0.29, 0.717) is 16.2 Å². The monoisotopic (exact) mass is 565 g/mol. The van der Waals surface area contributed by atoms with Gasteiger partial charge >= 0.3 is 18.3 Å². The zero-order valence-electron chi connectivity index (χ0n) is 19.7. The molecule has 0 atom stereocenters. The number of aromatic nitrogens is 4. The Morgan fingerprint density at radius 1 is 1.21 bits per heavy atom. The highest BCUT2D eigenvalue weighted by Gasteiger charge is 2.45. The lowest BCUT2D eigenvalue weighted by Crippen LogP contribution is -2.31. The summed E-state index contributed by atoms with van der Waals surface area (Å²) in [6.07, 6.45) is -4.58. The van der Waals surface area contributed by atoms with Crippen LogP contribution in [0.15, 0.2) is 17.8 Å². The zero-order valence-corrected chi connectivity index (χ0v) is 20.5. The number of halogens is 6. The van der Waals surface area contributed by atoms with Crippen LogP contribution in [0.2, 0.25) is 0 Å². The van der Waals surface area contributed by atoms with Gasteiger partial charge in [0.1, 0.15) is 16.2 Å². The molecule has 0 aromatic carbocycles. The van der Waals surface area contributed by atoms with E-state index in [0.717, 1.165) is 37.1 Å². The van der Waals surface area contributed by atoms with Gasteiger partial charge in [-0.1, -0.05) is 0 Å². The Hall–Kier alpha value is -3.47. The fraction of sp³-hybridized carbons (Fsp3) is 0.476. The summed E-state index contributed by atoms with van der Waals surface area (Å²) < 4.78 is 72.4. The summed E-state index contributed by atoms with van der Waals surface area (Å²) in [5.41, 5.74) is -0.671. The highest BCUT2D eigenvalue weighted by molar-refractivity contribution is 7.17. The number of aryl methyl sites for hydroxylation is 1. The molecule has 2 aliphatic rings. The first kappa shape index (κ1) is 27.6. The molecule has 2 fully saturated rings. The number of amides is 1. The standard InChI is InChI=1S/C19H20F3N7OS.C2HF3O2/c1-28-7-12(15(27-28)19(20,21)22)25-16(30)11-8-31-17-14(11)26-13(6-24-17)29-5-4-23-9-18(10-29)2-3-18;3-2(4,5)1(6)7/h6-8,23H,2-5,9-10H2,1H3,(H,25,30);(H,6,7). The second kappa shape index (κ2) is 10.0. The molecule has 3 N–H and O–H groups in total. The van der Waals surface area contributed by atoms with Crippen molar-refractivity contribution in [1.82, 2.24) is 25.1 Å². The molecule has 206 valence electrons. The van der Waals surface area contributed by atoms with Gasteiger partial charge in [-0.05, 0) is 12.8 Å². The summed E-state index contributed by atoms with van der Waals surface area (Å²) in [5, 5.41) is 17.9. The lowest BCUT2D eigenvalue weighted by molar-refractivity contribution is -0.192. The molecule has 1 saturated heterocycles. The number of nitrogens with zero attached hydrogens (tertiary/aromatic N) is 5. The summed E-state index contributed by atoms with van der Waals surface area (Å²) in [6, 6.07) is 0. The number of hydrogen-bond donors (Lipinski definition) is 3. The SMILES string of the molecule is Cn1cc(NC(=O)c2csc3ncc(N4CCNCC5(CC5)C4)nc23)c(C(F)(F)F)n1.O=C(O)C(F)(F)F. The Morgan fingerprint density at radius 2 is 1.89 bits per heavy atom. The van der Waals surface area contributed by atoms with Gasteiger partial charge in [0.25, 0.3) is 5.91 Å². The molecule has 0 unspecified atom stereocenters. The Labute approximate surface area is 214 Å². The van der Waals surface area contributed by atoms with Crippen molar-refractivity contribution < 1.29 is 41.0 Å². The molecule has 1 aliphatic heterocycles. The highest BCUT2D eigenvalue weighted by Crippen LogP contribution is 2.46. The van der Waals surface area contributed by atoms with Gasteiger partial charge in [0.05, 0.1) is 17.4 Å². The first-order chi connectivity index (χ1) is 17.7. The van der Waals surface area contributed by atoms with Crippen LogP contribution in [0.25, 0.3) is 10.3 Å². The Bertz CT molecular complexity index is 1350. The molecule has 0 radical (unpaired) electrons. The number of carbonyl (C=O) groups excluding carboxylic acids is 1. The summed E-state index contributed by atoms with van der Waals surface area (Å²) >= 11 is 1.23. The fourth-order valence-electron chi connectivity index (χ4n) is 3.91. The van der Waals surface area contributed by atoms with Gasteiger partial charge in [0.15, 0.2) is 5.69 Å². The van der Waals surface area contributed by atoms with Crippen molar-refractivity contribution in [2.45, 2.75) is 25.2 Å². The molecule has 3 aromatic heterocycles. The molecule has 0 bridgehead atoms. The van der Waals surface area contributed by atoms with Gasteiger partial charge < -0.3 is 20.6 Å². The maximum absolute atomic E-state index is 13.2. The zero-order chi connectivity index (χ0) is 27.9. The van der Waals surface area contributed by atoms with Crippen LogP contribution in [0.3, 0.4) is 0 Å². The fourth-order valence-corrected chi connectivity index (χ4v) is 4.74. The smallest absolute Gasteiger partial charge is 0.475 e. The first-order valence-electron chi connectivity index (χ1n) is 11.1. The van der Waals surface area contributed by atoms with Gasteiger partial charge in [-0.15, -0.1) is 11.3 Å². The Kier molecular flexibility index (Phi) is 7.26. The molecule has 1 spiro atoms. The largest absolute Gasteiger partial charge is 0.490 e. The average Bonchev–Trinajstić information content (AvgIpc) is 3.36. The molecule has 1 saturated carbocycles. The molecule has 1 aliphatic carbocycles. The van der Waals surface area contributed by atoms with Gasteiger partial charge in [0, 0.05) is 50.2 Å². The minimum Gasteiger partial charge on any atom is -0.475 e. The van der Waals surface area contributed by atoms with E-state index in [-0.39, 0.29) is 11.0 Å². The van der Waals surface area contributed by atoms with Crippen molar-refractivity contribution >= 4 is 45.1 Å². The van der Waals surface area contributed by atoms with Crippen molar-refractivity contribution in [3.8, 4) is 0 Å². The predicted octanol–water partition coefficient (Wildman–Crippen LogP) is 3.52. The van der Waals surface area contributed by atoms with Crippen LogP contribution in [-0.2, 0) is 18.0 Å². The molecular formula is C21H21F6N7O3S. The number of thiophene rings is 1. The molecule has 5 rings (SSSR count). The molecule has 1 amide bonds. The first-order valence-corrected chi connectivity index (χ1v) is 12.0. The third-order valence-corrected chi connectivity index (χ3v) is 6.84. The third kappa shape index (κ3) is 6.15. The van der Waals surface area contributed by atoms with E-state index in [1.165, 1.54) is 31.2 Å². The number of carbonyl (C=O) groups is 2. The number of nitrogens with one attached hydrogen (secondary N) is 2. The number of carboxylic acids is 1. The Balaban J connectivity index is 0.000000426. The normalized spacial score (nSPS) is 17.1. The summed E-state index contributed by atoms with van der Waals surface area (Å²) in [5.74, 6) is -2.76. The number of carboxylic acid groups (broad SMARTS) is 1. The molecule has 3 aromatic rings. The molecule has 10 nitrogen and oxygen atoms in total. The summed E-state index contributed by atoms with van der Waals surface area (Å²) in [6.45, 7) is 3.46. The van der Waals surface area contributed by atoms with Crippen LogP contribution in [0.1, 0.15) is 28.9 Å². The van der Waals surface area contributed by atoms with Gasteiger partial charge in [-0.25, -0.2) is 14.8 Å². The van der Waals surface area contributed by atoms with Crippen molar-refractivity contribution in [3.63, 3.8) is 0 Å². The van der Waals surface area contributed by atoms with E-state index >= 15 is 0 Å². The number of anilines is 2. The minimum atomic E-state index is -5.08. The average molecular weight is 566 g/mol. The molecule has 38 heavy (non-hydrogen) atoms. The minimum absolute atomic E-state index is 0.195. The quantitative estimate of drug-likeness (QED) is 0.412.